The van der Waals surface area contributed by atoms with Gasteiger partial charge in [-0.3, -0.25) is 9.36 Å². The molecular formula is C29H31N5OS. The van der Waals surface area contributed by atoms with E-state index in [-0.39, 0.29) is 17.1 Å². The molecule has 0 bridgehead atoms. The Morgan fingerprint density at radius 2 is 1.53 bits per heavy atom. The molecule has 184 valence electrons. The summed E-state index contributed by atoms with van der Waals surface area (Å²) >= 11 is 1.33. The van der Waals surface area contributed by atoms with Gasteiger partial charge in [0.15, 0.2) is 11.0 Å². The van der Waals surface area contributed by atoms with Crippen LogP contribution in [0.5, 0.6) is 0 Å². The van der Waals surface area contributed by atoms with Crippen LogP contribution >= 0.6 is 11.8 Å². The monoisotopic (exact) mass is 497 g/mol. The van der Waals surface area contributed by atoms with Crippen molar-refractivity contribution >= 4 is 23.9 Å². The lowest BCUT2D eigenvalue weighted by Gasteiger charge is -2.19. The zero-order chi connectivity index (χ0) is 25.7. The molecule has 0 aliphatic rings. The Balaban J connectivity index is 1.53. The van der Waals surface area contributed by atoms with Gasteiger partial charge in [-0.1, -0.05) is 104 Å². The first-order chi connectivity index (χ1) is 17.2. The summed E-state index contributed by atoms with van der Waals surface area (Å²) in [6.45, 7) is 10.7. The second kappa shape index (κ2) is 10.9. The van der Waals surface area contributed by atoms with Crippen molar-refractivity contribution in [2.45, 2.75) is 45.2 Å². The van der Waals surface area contributed by atoms with Gasteiger partial charge in [0.05, 0.1) is 12.0 Å². The topological polar surface area (TPSA) is 72.2 Å². The summed E-state index contributed by atoms with van der Waals surface area (Å²) in [7, 11) is 0. The van der Waals surface area contributed by atoms with Crippen molar-refractivity contribution < 1.29 is 4.79 Å². The highest BCUT2D eigenvalue weighted by Crippen LogP contribution is 2.30. The number of nitrogens with one attached hydrogen (secondary N) is 1. The van der Waals surface area contributed by atoms with Crippen molar-refractivity contribution in [1.29, 1.82) is 0 Å². The molecule has 0 aliphatic carbocycles. The van der Waals surface area contributed by atoms with Crippen LogP contribution in [-0.2, 0) is 10.2 Å². The van der Waals surface area contributed by atoms with Crippen LogP contribution in [-0.4, -0.2) is 32.6 Å². The zero-order valence-corrected chi connectivity index (χ0v) is 22.1. The number of nitrogens with zero attached hydrogens (tertiary/aromatic N) is 4. The summed E-state index contributed by atoms with van der Waals surface area (Å²) in [5.41, 5.74) is 9.10. The summed E-state index contributed by atoms with van der Waals surface area (Å²) in [5, 5.41) is 13.6. The van der Waals surface area contributed by atoms with E-state index < -0.39 is 0 Å². The van der Waals surface area contributed by atoms with Crippen LogP contribution in [0.25, 0.3) is 17.1 Å². The molecule has 1 heterocycles. The number of thioether (sulfide) groups is 1. The summed E-state index contributed by atoms with van der Waals surface area (Å²) in [5.74, 6) is 0.690. The fraction of sp³-hybridized carbons (Fsp3) is 0.241. The number of hydrogen-bond donors (Lipinski definition) is 1. The maximum atomic E-state index is 12.5. The van der Waals surface area contributed by atoms with Crippen LogP contribution in [0.15, 0.2) is 83.1 Å². The fourth-order valence-electron chi connectivity index (χ4n) is 3.59. The molecule has 3 aromatic carbocycles. The number of aromatic nitrogens is 3. The number of benzene rings is 3. The van der Waals surface area contributed by atoms with Gasteiger partial charge in [0.1, 0.15) is 0 Å². The van der Waals surface area contributed by atoms with Crippen molar-refractivity contribution in [1.82, 2.24) is 20.2 Å². The number of aryl methyl sites for hydroxylation is 2. The third-order valence-electron chi connectivity index (χ3n) is 5.75. The number of hydrogen-bond acceptors (Lipinski definition) is 5. The van der Waals surface area contributed by atoms with E-state index in [1.165, 1.54) is 28.5 Å². The highest BCUT2D eigenvalue weighted by Gasteiger charge is 2.19. The van der Waals surface area contributed by atoms with E-state index in [1.54, 1.807) is 6.21 Å². The van der Waals surface area contributed by atoms with Crippen LogP contribution in [0.3, 0.4) is 0 Å². The van der Waals surface area contributed by atoms with Gasteiger partial charge in [0.25, 0.3) is 5.91 Å². The first kappa shape index (κ1) is 25.4. The summed E-state index contributed by atoms with van der Waals surface area (Å²) in [6, 6.07) is 24.6. The van der Waals surface area contributed by atoms with E-state index in [2.05, 4.69) is 84.8 Å². The maximum absolute atomic E-state index is 12.5. The Morgan fingerprint density at radius 1 is 0.917 bits per heavy atom. The molecule has 0 aliphatic heterocycles. The van der Waals surface area contributed by atoms with E-state index in [9.17, 15) is 4.79 Å². The summed E-state index contributed by atoms with van der Waals surface area (Å²) < 4.78 is 2.00. The highest BCUT2D eigenvalue weighted by molar-refractivity contribution is 7.99. The first-order valence-electron chi connectivity index (χ1n) is 11.9. The normalized spacial score (nSPS) is 11.7. The molecule has 0 radical (unpaired) electrons. The predicted octanol–water partition coefficient (Wildman–Crippen LogP) is 6.09. The first-order valence-corrected chi connectivity index (χ1v) is 12.8. The van der Waals surface area contributed by atoms with Gasteiger partial charge in [0.2, 0.25) is 0 Å². The molecule has 4 aromatic rings. The Bertz CT molecular complexity index is 1350. The standard InChI is InChI=1S/C29H31N5OS/c1-20-6-10-22(11-7-20)18-30-31-26(35)19-36-28-33-32-27(34(28)25-16-8-21(2)9-17-25)23-12-14-24(15-13-23)29(3,4)5/h6-18H,19H2,1-5H3,(H,31,35)/b30-18-. The smallest absolute Gasteiger partial charge is 0.250 e. The average molecular weight is 498 g/mol. The molecule has 36 heavy (non-hydrogen) atoms. The lowest BCUT2D eigenvalue weighted by Crippen LogP contribution is -2.20. The molecule has 6 nitrogen and oxygen atoms in total. The average Bonchev–Trinajstić information content (AvgIpc) is 3.28. The Labute approximate surface area is 216 Å². The molecule has 4 rings (SSSR count). The van der Waals surface area contributed by atoms with Gasteiger partial charge in [-0.2, -0.15) is 5.10 Å². The van der Waals surface area contributed by atoms with E-state index in [0.29, 0.717) is 5.16 Å². The molecule has 0 fully saturated rings. The number of carbonyl (C=O) groups excluding carboxylic acids is 1. The van der Waals surface area contributed by atoms with Gasteiger partial charge in [-0.25, -0.2) is 5.43 Å². The molecule has 1 N–H and O–H groups in total. The molecule has 0 saturated carbocycles. The number of carbonyl (C=O) groups is 1. The SMILES string of the molecule is Cc1ccc(/C=N\NC(=O)CSc2nnc(-c3ccc(C(C)(C)C)cc3)n2-c2ccc(C)cc2)cc1. The van der Waals surface area contributed by atoms with E-state index >= 15 is 0 Å². The summed E-state index contributed by atoms with van der Waals surface area (Å²) in [6.07, 6.45) is 1.64. The molecule has 0 spiro atoms. The molecule has 0 saturated heterocycles. The van der Waals surface area contributed by atoms with E-state index in [0.717, 1.165) is 22.6 Å². The predicted molar refractivity (Wildman–Crippen MR) is 148 cm³/mol. The van der Waals surface area contributed by atoms with Crippen LogP contribution < -0.4 is 5.43 Å². The van der Waals surface area contributed by atoms with Crippen molar-refractivity contribution in [2.75, 3.05) is 5.75 Å². The Kier molecular flexibility index (Phi) is 7.70. The second-order valence-electron chi connectivity index (χ2n) is 9.80. The van der Waals surface area contributed by atoms with Gasteiger partial charge in [0, 0.05) is 11.3 Å². The minimum Gasteiger partial charge on any atom is -0.272 e. The van der Waals surface area contributed by atoms with E-state index in [1.807, 2.05) is 47.9 Å². The largest absolute Gasteiger partial charge is 0.272 e. The fourth-order valence-corrected chi connectivity index (χ4v) is 4.33. The van der Waals surface area contributed by atoms with Crippen LogP contribution in [0.2, 0.25) is 0 Å². The van der Waals surface area contributed by atoms with Crippen molar-refractivity contribution in [3.05, 3.63) is 95.1 Å². The van der Waals surface area contributed by atoms with Crippen molar-refractivity contribution in [3.63, 3.8) is 0 Å². The Morgan fingerprint density at radius 3 is 2.14 bits per heavy atom. The number of amides is 1. The van der Waals surface area contributed by atoms with Crippen LogP contribution in [0.4, 0.5) is 0 Å². The van der Waals surface area contributed by atoms with Crippen LogP contribution in [0.1, 0.15) is 43.0 Å². The van der Waals surface area contributed by atoms with Gasteiger partial charge in [-0.15, -0.1) is 10.2 Å². The lowest BCUT2D eigenvalue weighted by molar-refractivity contribution is -0.118. The molecular weight excluding hydrogens is 466 g/mol. The third-order valence-corrected chi connectivity index (χ3v) is 6.68. The van der Waals surface area contributed by atoms with Crippen molar-refractivity contribution in [3.8, 4) is 17.1 Å². The molecule has 0 atom stereocenters. The third kappa shape index (κ3) is 6.29. The highest BCUT2D eigenvalue weighted by atomic mass is 32.2. The minimum absolute atomic E-state index is 0.0689. The van der Waals surface area contributed by atoms with Gasteiger partial charge >= 0.3 is 0 Å². The number of hydrazone groups is 1. The molecule has 0 unspecified atom stereocenters. The second-order valence-corrected chi connectivity index (χ2v) is 10.7. The quantitative estimate of drug-likeness (QED) is 0.190. The van der Waals surface area contributed by atoms with E-state index in [4.69, 9.17) is 0 Å². The maximum Gasteiger partial charge on any atom is 0.250 e. The summed E-state index contributed by atoms with van der Waals surface area (Å²) in [4.78, 5) is 12.5. The molecule has 7 heteroatoms. The molecule has 1 amide bonds. The molecule has 1 aromatic heterocycles. The van der Waals surface area contributed by atoms with Crippen molar-refractivity contribution in [2.24, 2.45) is 5.10 Å². The minimum atomic E-state index is -0.210. The van der Waals surface area contributed by atoms with Gasteiger partial charge in [-0.05, 0) is 42.5 Å². The van der Waals surface area contributed by atoms with Crippen LogP contribution in [0, 0.1) is 13.8 Å². The van der Waals surface area contributed by atoms with Gasteiger partial charge < -0.3 is 0 Å². The lowest BCUT2D eigenvalue weighted by atomic mass is 9.87. The Hall–Kier alpha value is -3.71. The zero-order valence-electron chi connectivity index (χ0n) is 21.3. The number of rotatable bonds is 7.